The Balaban J connectivity index is 3.63. The lowest BCUT2D eigenvalue weighted by Crippen LogP contribution is -1.86. The Kier molecular flexibility index (Phi) is 5.00. The first kappa shape index (κ1) is 9.48. The van der Waals surface area contributed by atoms with Crippen LogP contribution in [-0.4, -0.2) is 0 Å². The molecule has 0 aliphatic rings. The lowest BCUT2D eigenvalue weighted by molar-refractivity contribution is 0.737. The summed E-state index contributed by atoms with van der Waals surface area (Å²) in [5, 5.41) is 0. The van der Waals surface area contributed by atoms with E-state index < -0.39 is 0 Å². The lowest BCUT2D eigenvalue weighted by atomic mass is 10.1. The summed E-state index contributed by atoms with van der Waals surface area (Å²) in [4.78, 5) is 0. The number of hydrogen-bond acceptors (Lipinski definition) is 0. The highest BCUT2D eigenvalue weighted by Crippen LogP contribution is 2.07. The fourth-order valence-corrected chi connectivity index (χ4v) is 0.988. The minimum atomic E-state index is 0.696. The Morgan fingerprint density at radius 3 is 2.40 bits per heavy atom. The van der Waals surface area contributed by atoms with Crippen molar-refractivity contribution >= 4 is 0 Å². The molecule has 1 unspecified atom stereocenters. The molecule has 0 saturated heterocycles. The minimum absolute atomic E-state index is 0.696. The third-order valence-electron chi connectivity index (χ3n) is 1.36. The summed E-state index contributed by atoms with van der Waals surface area (Å²) < 4.78 is 0. The highest BCUT2D eigenvalue weighted by molar-refractivity contribution is 4.98. The van der Waals surface area contributed by atoms with Crippen LogP contribution in [-0.2, 0) is 0 Å². The van der Waals surface area contributed by atoms with E-state index in [2.05, 4.69) is 45.9 Å². The van der Waals surface area contributed by atoms with Gasteiger partial charge in [0, 0.05) is 0 Å². The molecule has 0 amide bonds. The summed E-state index contributed by atoms with van der Waals surface area (Å²) in [5.74, 6) is 0.696. The van der Waals surface area contributed by atoms with Crippen LogP contribution >= 0.6 is 0 Å². The number of hydrogen-bond donors (Lipinski definition) is 0. The average Bonchev–Trinajstić information content (AvgIpc) is 1.82. The standard InChI is InChI=1S/C10H18/c1-5-6-7-10(4)8-9(2)3/h5-6,8,10H,7H2,1-4H3. The molecule has 0 fully saturated rings. The molecule has 0 aromatic carbocycles. The summed E-state index contributed by atoms with van der Waals surface area (Å²) in [7, 11) is 0. The highest BCUT2D eigenvalue weighted by Gasteiger charge is 1.91. The SMILES string of the molecule is CC=CCC(C)C=C(C)C. The summed E-state index contributed by atoms with van der Waals surface area (Å²) in [6.07, 6.45) is 7.79. The molecule has 0 aliphatic carbocycles. The lowest BCUT2D eigenvalue weighted by Gasteiger charge is -2.01. The maximum atomic E-state index is 2.31. The van der Waals surface area contributed by atoms with Crippen LogP contribution in [0.5, 0.6) is 0 Å². The van der Waals surface area contributed by atoms with Gasteiger partial charge in [0.2, 0.25) is 0 Å². The molecule has 10 heavy (non-hydrogen) atoms. The molecule has 0 N–H and O–H groups in total. The fraction of sp³-hybridized carbons (Fsp3) is 0.600. The van der Waals surface area contributed by atoms with Gasteiger partial charge in [0.15, 0.2) is 0 Å². The van der Waals surface area contributed by atoms with Crippen LogP contribution in [0.4, 0.5) is 0 Å². The van der Waals surface area contributed by atoms with E-state index in [0.717, 1.165) is 0 Å². The van der Waals surface area contributed by atoms with Crippen molar-refractivity contribution in [3.8, 4) is 0 Å². The molecule has 0 bridgehead atoms. The minimum Gasteiger partial charge on any atom is -0.0916 e. The van der Waals surface area contributed by atoms with Crippen molar-refractivity contribution in [1.29, 1.82) is 0 Å². The first-order valence-corrected chi connectivity index (χ1v) is 3.93. The van der Waals surface area contributed by atoms with Crippen LogP contribution in [0.1, 0.15) is 34.1 Å². The van der Waals surface area contributed by atoms with Gasteiger partial charge in [-0.2, -0.15) is 0 Å². The van der Waals surface area contributed by atoms with Crippen LogP contribution in [0.25, 0.3) is 0 Å². The molecule has 0 rings (SSSR count). The van der Waals surface area contributed by atoms with Crippen LogP contribution in [0, 0.1) is 5.92 Å². The maximum absolute atomic E-state index is 2.31. The molecule has 0 aliphatic heterocycles. The number of allylic oxidation sites excluding steroid dienone is 4. The summed E-state index contributed by atoms with van der Waals surface area (Å²) in [6.45, 7) is 8.60. The van der Waals surface area contributed by atoms with Crippen LogP contribution in [0.2, 0.25) is 0 Å². The van der Waals surface area contributed by atoms with Gasteiger partial charge < -0.3 is 0 Å². The second-order valence-electron chi connectivity index (χ2n) is 3.03. The Hall–Kier alpha value is -0.520. The Morgan fingerprint density at radius 2 is 2.00 bits per heavy atom. The van der Waals surface area contributed by atoms with Crippen LogP contribution in [0.3, 0.4) is 0 Å². The molecule has 58 valence electrons. The van der Waals surface area contributed by atoms with Crippen molar-refractivity contribution in [3.05, 3.63) is 23.8 Å². The van der Waals surface area contributed by atoms with E-state index >= 15 is 0 Å². The van der Waals surface area contributed by atoms with Gasteiger partial charge in [-0.25, -0.2) is 0 Å². The zero-order chi connectivity index (χ0) is 7.98. The van der Waals surface area contributed by atoms with E-state index in [9.17, 15) is 0 Å². The highest BCUT2D eigenvalue weighted by atomic mass is 14.0. The molecule has 0 heteroatoms. The van der Waals surface area contributed by atoms with E-state index in [0.29, 0.717) is 5.92 Å². The van der Waals surface area contributed by atoms with Gasteiger partial charge in [0.1, 0.15) is 0 Å². The van der Waals surface area contributed by atoms with Gasteiger partial charge in [-0.3, -0.25) is 0 Å². The first-order valence-electron chi connectivity index (χ1n) is 3.93. The number of rotatable bonds is 3. The smallest absolute Gasteiger partial charge is 0.0225 e. The molecular formula is C10H18. The van der Waals surface area contributed by atoms with Gasteiger partial charge in [0.25, 0.3) is 0 Å². The predicted molar refractivity (Wildman–Crippen MR) is 48.0 cm³/mol. The molecule has 0 aromatic rings. The van der Waals surface area contributed by atoms with E-state index in [1.165, 1.54) is 12.0 Å². The van der Waals surface area contributed by atoms with Gasteiger partial charge >= 0.3 is 0 Å². The van der Waals surface area contributed by atoms with Crippen molar-refractivity contribution in [3.63, 3.8) is 0 Å². The Labute approximate surface area is 64.6 Å². The second-order valence-corrected chi connectivity index (χ2v) is 3.03. The topological polar surface area (TPSA) is 0 Å². The summed E-state index contributed by atoms with van der Waals surface area (Å²) >= 11 is 0. The molecule has 0 aromatic heterocycles. The third kappa shape index (κ3) is 5.61. The second kappa shape index (κ2) is 5.28. The van der Waals surface area contributed by atoms with E-state index in [4.69, 9.17) is 0 Å². The van der Waals surface area contributed by atoms with Crippen LogP contribution in [0.15, 0.2) is 23.8 Å². The van der Waals surface area contributed by atoms with Crippen molar-refractivity contribution < 1.29 is 0 Å². The predicted octanol–water partition coefficient (Wildman–Crippen LogP) is 3.55. The molecule has 0 radical (unpaired) electrons. The molecule has 1 atom stereocenters. The molecule has 0 heterocycles. The van der Waals surface area contributed by atoms with Gasteiger partial charge in [-0.1, -0.05) is 30.7 Å². The quantitative estimate of drug-likeness (QED) is 0.523. The van der Waals surface area contributed by atoms with Crippen molar-refractivity contribution in [1.82, 2.24) is 0 Å². The van der Waals surface area contributed by atoms with E-state index in [1.807, 2.05) is 0 Å². The average molecular weight is 138 g/mol. The Bertz CT molecular complexity index is 125. The third-order valence-corrected chi connectivity index (χ3v) is 1.36. The Morgan fingerprint density at radius 1 is 1.40 bits per heavy atom. The molecule has 0 spiro atoms. The largest absolute Gasteiger partial charge is 0.0916 e. The van der Waals surface area contributed by atoms with Crippen molar-refractivity contribution in [2.75, 3.05) is 0 Å². The molecule has 0 nitrogen and oxygen atoms in total. The fourth-order valence-electron chi connectivity index (χ4n) is 0.988. The monoisotopic (exact) mass is 138 g/mol. The zero-order valence-corrected chi connectivity index (χ0v) is 7.52. The maximum Gasteiger partial charge on any atom is -0.0225 e. The summed E-state index contributed by atoms with van der Waals surface area (Å²) in [6, 6.07) is 0. The van der Waals surface area contributed by atoms with Gasteiger partial charge in [-0.15, -0.1) is 0 Å². The van der Waals surface area contributed by atoms with E-state index in [-0.39, 0.29) is 0 Å². The summed E-state index contributed by atoms with van der Waals surface area (Å²) in [5.41, 5.74) is 1.41. The normalized spacial score (nSPS) is 13.6. The van der Waals surface area contributed by atoms with Crippen molar-refractivity contribution in [2.24, 2.45) is 5.92 Å². The zero-order valence-electron chi connectivity index (χ0n) is 7.52. The van der Waals surface area contributed by atoms with E-state index in [1.54, 1.807) is 0 Å². The van der Waals surface area contributed by atoms with Gasteiger partial charge in [-0.05, 0) is 33.1 Å². The van der Waals surface area contributed by atoms with Crippen molar-refractivity contribution in [2.45, 2.75) is 34.1 Å². The van der Waals surface area contributed by atoms with Crippen LogP contribution < -0.4 is 0 Å². The van der Waals surface area contributed by atoms with Gasteiger partial charge in [0.05, 0.1) is 0 Å². The molecular weight excluding hydrogens is 120 g/mol. The first-order chi connectivity index (χ1) is 4.66. The molecule has 0 saturated carbocycles.